The van der Waals surface area contributed by atoms with Gasteiger partial charge in [0, 0.05) is 16.5 Å². The average Bonchev–Trinajstić information content (AvgIpc) is 3.57. The van der Waals surface area contributed by atoms with E-state index in [0.717, 1.165) is 24.2 Å². The lowest BCUT2D eigenvalue weighted by atomic mass is 9.83. The van der Waals surface area contributed by atoms with Gasteiger partial charge in [-0.2, -0.15) is 0 Å². The summed E-state index contributed by atoms with van der Waals surface area (Å²) in [5.41, 5.74) is 9.72. The second-order valence-electron chi connectivity index (χ2n) is 13.8. The van der Waals surface area contributed by atoms with Crippen LogP contribution in [0.1, 0.15) is 17.7 Å². The van der Waals surface area contributed by atoms with Crippen LogP contribution in [0.5, 0.6) is 0 Å². The van der Waals surface area contributed by atoms with E-state index in [1.165, 1.54) is 98.2 Å². The van der Waals surface area contributed by atoms with Crippen LogP contribution in [0.3, 0.4) is 0 Å². The first-order valence-electron chi connectivity index (χ1n) is 17.9. The van der Waals surface area contributed by atoms with Crippen LogP contribution in [-0.2, 0) is 6.42 Å². The SMILES string of the molecule is C1=Cc2oc3c(-c4ccc(-c5c6ccccc6c(-c6ccc7ccccc7c6)c6ccccc56)c5ccccc45)c4ccccc4cc3c2CC1. The summed E-state index contributed by atoms with van der Waals surface area (Å²) in [7, 11) is 0. The van der Waals surface area contributed by atoms with E-state index in [1.807, 2.05) is 0 Å². The number of furan rings is 1. The number of rotatable bonds is 3. The van der Waals surface area contributed by atoms with Crippen LogP contribution < -0.4 is 0 Å². The summed E-state index contributed by atoms with van der Waals surface area (Å²) in [6.07, 6.45) is 6.44. The third-order valence-electron chi connectivity index (χ3n) is 11.1. The maximum Gasteiger partial charge on any atom is 0.143 e. The summed E-state index contributed by atoms with van der Waals surface area (Å²) in [5, 5.41) is 13.7. The third kappa shape index (κ3) is 4.22. The summed E-state index contributed by atoms with van der Waals surface area (Å²) in [6.45, 7) is 0. The molecule has 9 aromatic carbocycles. The summed E-state index contributed by atoms with van der Waals surface area (Å²) >= 11 is 0. The van der Waals surface area contributed by atoms with Crippen molar-refractivity contribution in [3.05, 3.63) is 175 Å². The molecule has 0 bridgehead atoms. The molecule has 238 valence electrons. The monoisotopic (exact) mass is 648 g/mol. The van der Waals surface area contributed by atoms with Gasteiger partial charge in [0.05, 0.1) is 0 Å². The van der Waals surface area contributed by atoms with Crippen LogP contribution in [-0.4, -0.2) is 0 Å². The Morgan fingerprint density at radius 3 is 1.63 bits per heavy atom. The molecule has 0 fully saturated rings. The zero-order valence-electron chi connectivity index (χ0n) is 28.0. The van der Waals surface area contributed by atoms with E-state index in [1.54, 1.807) is 0 Å². The molecule has 0 saturated carbocycles. The fraction of sp³-hybridized carbons (Fsp3) is 0.0400. The predicted octanol–water partition coefficient (Wildman–Crippen LogP) is 14.2. The van der Waals surface area contributed by atoms with Crippen LogP contribution in [0.4, 0.5) is 0 Å². The van der Waals surface area contributed by atoms with Gasteiger partial charge >= 0.3 is 0 Å². The highest BCUT2D eigenvalue weighted by molar-refractivity contribution is 6.25. The second-order valence-corrected chi connectivity index (χ2v) is 13.8. The Bertz CT molecular complexity index is 3020. The Kier molecular flexibility index (Phi) is 6.15. The lowest BCUT2D eigenvalue weighted by Gasteiger charge is -2.20. The zero-order chi connectivity index (χ0) is 33.5. The highest BCUT2D eigenvalue weighted by atomic mass is 16.3. The summed E-state index contributed by atoms with van der Waals surface area (Å²) in [6, 6.07) is 58.2. The predicted molar refractivity (Wildman–Crippen MR) is 217 cm³/mol. The van der Waals surface area contributed by atoms with E-state index in [-0.39, 0.29) is 0 Å². The average molecular weight is 649 g/mol. The first-order valence-corrected chi connectivity index (χ1v) is 17.9. The minimum Gasteiger partial charge on any atom is -0.456 e. The molecule has 1 nitrogen and oxygen atoms in total. The van der Waals surface area contributed by atoms with Gasteiger partial charge in [0.1, 0.15) is 11.3 Å². The van der Waals surface area contributed by atoms with Gasteiger partial charge < -0.3 is 4.42 Å². The molecule has 1 aliphatic carbocycles. The molecule has 0 radical (unpaired) electrons. The molecule has 51 heavy (non-hydrogen) atoms. The lowest BCUT2D eigenvalue weighted by Crippen LogP contribution is -1.93. The molecular weight excluding hydrogens is 617 g/mol. The quantitative estimate of drug-likeness (QED) is 0.174. The molecule has 0 atom stereocenters. The van der Waals surface area contributed by atoms with Crippen molar-refractivity contribution in [2.24, 2.45) is 0 Å². The molecule has 1 aromatic heterocycles. The van der Waals surface area contributed by atoms with Gasteiger partial charge in [0.2, 0.25) is 0 Å². The first kappa shape index (κ1) is 28.4. The van der Waals surface area contributed by atoms with E-state index < -0.39 is 0 Å². The van der Waals surface area contributed by atoms with Crippen molar-refractivity contribution in [3.63, 3.8) is 0 Å². The standard InChI is InChI=1S/C50H32O/c1-2-14-32-29-34(26-25-31(32)13-1)47-39-20-7-9-22-41(39)48(42-23-10-8-21-40(42)47)43-27-28-44(37-18-6-5-17-36(37)43)49-35-16-4-3-15-33(35)30-45-38-19-11-12-24-46(38)51-50(45)49/h1-10,12-18,20-30H,11,19H2. The smallest absolute Gasteiger partial charge is 0.143 e. The van der Waals surface area contributed by atoms with Gasteiger partial charge in [-0.05, 0) is 113 Å². The summed E-state index contributed by atoms with van der Waals surface area (Å²) in [5.74, 6) is 0.998. The van der Waals surface area contributed by atoms with Gasteiger partial charge in [-0.1, -0.05) is 152 Å². The molecule has 0 amide bonds. The number of fused-ring (bicyclic) bond motifs is 8. The number of hydrogen-bond donors (Lipinski definition) is 0. The van der Waals surface area contributed by atoms with Crippen molar-refractivity contribution in [1.29, 1.82) is 0 Å². The molecule has 0 saturated heterocycles. The van der Waals surface area contributed by atoms with Gasteiger partial charge in [0.15, 0.2) is 0 Å². The van der Waals surface area contributed by atoms with Crippen molar-refractivity contribution in [3.8, 4) is 33.4 Å². The molecule has 0 aliphatic heterocycles. The molecule has 0 N–H and O–H groups in total. The first-order chi connectivity index (χ1) is 25.3. The highest BCUT2D eigenvalue weighted by Crippen LogP contribution is 2.49. The molecule has 1 heterocycles. The fourth-order valence-electron chi connectivity index (χ4n) is 8.85. The van der Waals surface area contributed by atoms with Crippen LogP contribution in [0.2, 0.25) is 0 Å². The number of benzene rings is 9. The molecule has 10 aromatic rings. The van der Waals surface area contributed by atoms with E-state index in [2.05, 4.69) is 170 Å². The molecular formula is C50H32O. The Hall–Kier alpha value is -6.44. The molecule has 1 aliphatic rings. The molecule has 0 unspecified atom stereocenters. The largest absolute Gasteiger partial charge is 0.456 e. The van der Waals surface area contributed by atoms with Gasteiger partial charge in [0.25, 0.3) is 0 Å². The second kappa shape index (κ2) is 11.0. The van der Waals surface area contributed by atoms with Gasteiger partial charge in [-0.15, -0.1) is 0 Å². The molecule has 11 rings (SSSR count). The summed E-state index contributed by atoms with van der Waals surface area (Å²) < 4.78 is 6.76. The Balaban J connectivity index is 1.22. The van der Waals surface area contributed by atoms with Crippen LogP contribution in [0, 0.1) is 0 Å². The number of hydrogen-bond acceptors (Lipinski definition) is 1. The maximum atomic E-state index is 6.76. The van der Waals surface area contributed by atoms with E-state index >= 15 is 0 Å². The van der Waals surface area contributed by atoms with E-state index in [4.69, 9.17) is 4.42 Å². The van der Waals surface area contributed by atoms with Crippen LogP contribution in [0.15, 0.2) is 168 Å². The fourth-order valence-corrected chi connectivity index (χ4v) is 8.85. The van der Waals surface area contributed by atoms with Gasteiger partial charge in [-0.25, -0.2) is 0 Å². The van der Waals surface area contributed by atoms with E-state index in [0.29, 0.717) is 0 Å². The zero-order valence-corrected chi connectivity index (χ0v) is 28.0. The van der Waals surface area contributed by atoms with Crippen molar-refractivity contribution >= 4 is 70.9 Å². The lowest BCUT2D eigenvalue weighted by molar-refractivity contribution is 0.596. The third-order valence-corrected chi connectivity index (χ3v) is 11.1. The molecule has 1 heteroatoms. The van der Waals surface area contributed by atoms with E-state index in [9.17, 15) is 0 Å². The Morgan fingerprint density at radius 1 is 0.392 bits per heavy atom. The van der Waals surface area contributed by atoms with Crippen molar-refractivity contribution in [2.75, 3.05) is 0 Å². The topological polar surface area (TPSA) is 13.1 Å². The van der Waals surface area contributed by atoms with Crippen LogP contribution >= 0.6 is 0 Å². The highest BCUT2D eigenvalue weighted by Gasteiger charge is 2.23. The van der Waals surface area contributed by atoms with Crippen molar-refractivity contribution in [1.82, 2.24) is 0 Å². The minimum atomic E-state index is 0.985. The molecule has 0 spiro atoms. The Labute approximate surface area is 295 Å². The number of aryl methyl sites for hydroxylation is 1. The van der Waals surface area contributed by atoms with Crippen molar-refractivity contribution < 1.29 is 4.42 Å². The summed E-state index contributed by atoms with van der Waals surface area (Å²) in [4.78, 5) is 0. The van der Waals surface area contributed by atoms with Crippen molar-refractivity contribution in [2.45, 2.75) is 12.8 Å². The maximum absolute atomic E-state index is 6.76. The van der Waals surface area contributed by atoms with Crippen LogP contribution in [0.25, 0.3) is 104 Å². The normalized spacial score (nSPS) is 12.9. The number of allylic oxidation sites excluding steroid dienone is 1. The minimum absolute atomic E-state index is 0.985. The Morgan fingerprint density at radius 2 is 0.941 bits per heavy atom. The van der Waals surface area contributed by atoms with Gasteiger partial charge in [-0.3, -0.25) is 0 Å².